The van der Waals surface area contributed by atoms with Gasteiger partial charge in [-0.3, -0.25) is 14.4 Å². The van der Waals surface area contributed by atoms with E-state index in [-0.39, 0.29) is 30.1 Å². The molecule has 3 amide bonds. The number of carbonyl (C=O) groups is 3. The number of benzene rings is 1. The van der Waals surface area contributed by atoms with Gasteiger partial charge in [-0.25, -0.2) is 9.37 Å². The van der Waals surface area contributed by atoms with Gasteiger partial charge in [-0.05, 0) is 71.6 Å². The Morgan fingerprint density at radius 3 is 2.65 bits per heavy atom. The van der Waals surface area contributed by atoms with E-state index in [0.29, 0.717) is 37.4 Å². The van der Waals surface area contributed by atoms with Crippen LogP contribution in [-0.4, -0.2) is 47.2 Å². The Kier molecular flexibility index (Phi) is 8.11. The Morgan fingerprint density at radius 2 is 1.94 bits per heavy atom. The number of anilines is 1. The minimum atomic E-state index is -0.399. The highest BCUT2D eigenvalue weighted by molar-refractivity contribution is 9.10. The van der Waals surface area contributed by atoms with Gasteiger partial charge in [0, 0.05) is 42.3 Å². The minimum absolute atomic E-state index is 0.0321. The minimum Gasteiger partial charge on any atom is -0.352 e. The number of piperidine rings is 1. The quantitative estimate of drug-likeness (QED) is 0.582. The first-order valence-electron chi connectivity index (χ1n) is 10.2. The molecule has 1 aliphatic rings. The second-order valence-corrected chi connectivity index (χ2v) is 8.31. The second-order valence-electron chi connectivity index (χ2n) is 7.40. The largest absolute Gasteiger partial charge is 0.352 e. The van der Waals surface area contributed by atoms with Crippen LogP contribution in [0.25, 0.3) is 0 Å². The highest BCUT2D eigenvalue weighted by Crippen LogP contribution is 2.20. The van der Waals surface area contributed by atoms with Gasteiger partial charge < -0.3 is 15.5 Å². The summed E-state index contributed by atoms with van der Waals surface area (Å²) in [7, 11) is 0. The molecular weight excluding hydrogens is 467 g/mol. The van der Waals surface area contributed by atoms with Crippen LogP contribution in [0.15, 0.2) is 47.1 Å². The van der Waals surface area contributed by atoms with Crippen LogP contribution in [0.3, 0.4) is 0 Å². The zero-order chi connectivity index (χ0) is 22.2. The van der Waals surface area contributed by atoms with Crippen LogP contribution in [0.1, 0.15) is 36.0 Å². The SMILES string of the molecule is O=C(NCCCC(=O)N1CCCC(C(=O)Nc2ccc(Br)cn2)C1)c1ccc(F)cc1. The lowest BCUT2D eigenvalue weighted by Gasteiger charge is -2.32. The third kappa shape index (κ3) is 6.85. The van der Waals surface area contributed by atoms with Gasteiger partial charge in [0.1, 0.15) is 11.6 Å². The van der Waals surface area contributed by atoms with E-state index in [1.807, 2.05) is 0 Å². The molecule has 0 spiro atoms. The molecule has 1 aromatic carbocycles. The Morgan fingerprint density at radius 1 is 1.16 bits per heavy atom. The number of carbonyl (C=O) groups excluding carboxylic acids is 3. The summed E-state index contributed by atoms with van der Waals surface area (Å²) in [5.74, 6) is -0.670. The number of nitrogens with zero attached hydrogens (tertiary/aromatic N) is 2. The number of nitrogens with one attached hydrogen (secondary N) is 2. The van der Waals surface area contributed by atoms with E-state index >= 15 is 0 Å². The van der Waals surface area contributed by atoms with Gasteiger partial charge in [-0.1, -0.05) is 0 Å². The molecule has 1 atom stereocenters. The fourth-order valence-corrected chi connectivity index (χ4v) is 3.63. The van der Waals surface area contributed by atoms with Gasteiger partial charge in [0.25, 0.3) is 5.91 Å². The standard InChI is InChI=1S/C22H24BrFN4O3/c23-17-7-10-19(26-13-17)27-22(31)16-3-2-12-28(14-16)20(29)4-1-11-25-21(30)15-5-8-18(24)9-6-15/h5-10,13,16H,1-4,11-12,14H2,(H,25,30)(H,26,27,31). The van der Waals surface area contributed by atoms with Gasteiger partial charge in [-0.2, -0.15) is 0 Å². The fourth-order valence-electron chi connectivity index (χ4n) is 3.40. The molecule has 2 N–H and O–H groups in total. The molecule has 1 unspecified atom stereocenters. The molecular formula is C22H24BrFN4O3. The zero-order valence-corrected chi connectivity index (χ0v) is 18.5. The van der Waals surface area contributed by atoms with E-state index in [9.17, 15) is 18.8 Å². The Labute approximate surface area is 188 Å². The van der Waals surface area contributed by atoms with Crippen molar-refractivity contribution in [3.63, 3.8) is 0 Å². The number of aromatic nitrogens is 1. The zero-order valence-electron chi connectivity index (χ0n) is 16.9. The molecule has 1 aliphatic heterocycles. The molecule has 9 heteroatoms. The van der Waals surface area contributed by atoms with Crippen molar-refractivity contribution in [2.24, 2.45) is 5.92 Å². The van der Waals surface area contributed by atoms with Gasteiger partial charge in [0.15, 0.2) is 0 Å². The van der Waals surface area contributed by atoms with Crippen LogP contribution >= 0.6 is 15.9 Å². The second kappa shape index (κ2) is 11.0. The van der Waals surface area contributed by atoms with Crippen LogP contribution in [-0.2, 0) is 9.59 Å². The number of hydrogen-bond acceptors (Lipinski definition) is 4. The van der Waals surface area contributed by atoms with Crippen molar-refractivity contribution in [1.29, 1.82) is 0 Å². The molecule has 1 saturated heterocycles. The first kappa shape index (κ1) is 22.9. The highest BCUT2D eigenvalue weighted by atomic mass is 79.9. The normalized spacial score (nSPS) is 15.9. The summed E-state index contributed by atoms with van der Waals surface area (Å²) in [6.45, 7) is 1.35. The van der Waals surface area contributed by atoms with Crippen molar-refractivity contribution < 1.29 is 18.8 Å². The van der Waals surface area contributed by atoms with Crippen LogP contribution in [0.5, 0.6) is 0 Å². The molecule has 31 heavy (non-hydrogen) atoms. The number of rotatable bonds is 7. The maximum atomic E-state index is 12.9. The first-order valence-corrected chi connectivity index (χ1v) is 11.0. The van der Waals surface area contributed by atoms with E-state index in [0.717, 1.165) is 17.3 Å². The smallest absolute Gasteiger partial charge is 0.251 e. The summed E-state index contributed by atoms with van der Waals surface area (Å²) in [6.07, 6.45) is 3.87. The number of amides is 3. The Balaban J connectivity index is 1.40. The van der Waals surface area contributed by atoms with Crippen LogP contribution in [0.2, 0.25) is 0 Å². The molecule has 2 aromatic rings. The molecule has 0 aliphatic carbocycles. The predicted octanol–water partition coefficient (Wildman–Crippen LogP) is 3.37. The number of likely N-dealkylation sites (tertiary alicyclic amines) is 1. The first-order chi connectivity index (χ1) is 14.9. The van der Waals surface area contributed by atoms with Crippen molar-refractivity contribution in [2.75, 3.05) is 25.0 Å². The number of pyridine rings is 1. The topological polar surface area (TPSA) is 91.4 Å². The predicted molar refractivity (Wildman–Crippen MR) is 118 cm³/mol. The number of halogens is 2. The van der Waals surface area contributed by atoms with Crippen LogP contribution in [0.4, 0.5) is 10.2 Å². The lowest BCUT2D eigenvalue weighted by Crippen LogP contribution is -2.44. The third-order valence-electron chi connectivity index (χ3n) is 5.08. The van der Waals surface area contributed by atoms with Gasteiger partial charge in [-0.15, -0.1) is 0 Å². The molecule has 0 saturated carbocycles. The molecule has 1 fully saturated rings. The van der Waals surface area contributed by atoms with E-state index < -0.39 is 5.82 Å². The molecule has 164 valence electrons. The molecule has 0 bridgehead atoms. The van der Waals surface area contributed by atoms with Crippen molar-refractivity contribution in [2.45, 2.75) is 25.7 Å². The summed E-state index contributed by atoms with van der Waals surface area (Å²) >= 11 is 3.30. The van der Waals surface area contributed by atoms with Gasteiger partial charge >= 0.3 is 0 Å². The maximum Gasteiger partial charge on any atom is 0.251 e. The van der Waals surface area contributed by atoms with Crippen molar-refractivity contribution in [1.82, 2.24) is 15.2 Å². The van der Waals surface area contributed by atoms with Crippen molar-refractivity contribution >= 4 is 39.5 Å². The monoisotopic (exact) mass is 490 g/mol. The van der Waals surface area contributed by atoms with Crippen molar-refractivity contribution in [3.8, 4) is 0 Å². The third-order valence-corrected chi connectivity index (χ3v) is 5.55. The molecule has 3 rings (SSSR count). The maximum absolute atomic E-state index is 12.9. The highest BCUT2D eigenvalue weighted by Gasteiger charge is 2.28. The summed E-state index contributed by atoms with van der Waals surface area (Å²) in [5, 5.41) is 5.53. The molecule has 2 heterocycles. The van der Waals surface area contributed by atoms with E-state index in [1.165, 1.54) is 24.3 Å². The molecule has 0 radical (unpaired) electrons. The van der Waals surface area contributed by atoms with Crippen molar-refractivity contribution in [3.05, 3.63) is 58.4 Å². The van der Waals surface area contributed by atoms with Crippen LogP contribution in [0, 0.1) is 11.7 Å². The average Bonchev–Trinajstić information content (AvgIpc) is 2.78. The lowest BCUT2D eigenvalue weighted by molar-refractivity contribution is -0.134. The van der Waals surface area contributed by atoms with Gasteiger partial charge in [0.05, 0.1) is 5.92 Å². The van der Waals surface area contributed by atoms with E-state index in [1.54, 1.807) is 23.2 Å². The molecule has 7 nitrogen and oxygen atoms in total. The Bertz CT molecular complexity index is 921. The number of hydrogen-bond donors (Lipinski definition) is 2. The average molecular weight is 491 g/mol. The van der Waals surface area contributed by atoms with E-state index in [4.69, 9.17) is 0 Å². The van der Waals surface area contributed by atoms with Crippen LogP contribution < -0.4 is 10.6 Å². The summed E-state index contributed by atoms with van der Waals surface area (Å²) in [6, 6.07) is 8.81. The fraction of sp³-hybridized carbons (Fsp3) is 0.364. The summed E-state index contributed by atoms with van der Waals surface area (Å²) in [5.41, 5.74) is 0.373. The summed E-state index contributed by atoms with van der Waals surface area (Å²) in [4.78, 5) is 42.9. The van der Waals surface area contributed by atoms with E-state index in [2.05, 4.69) is 31.5 Å². The molecule has 1 aromatic heterocycles. The summed E-state index contributed by atoms with van der Waals surface area (Å²) < 4.78 is 13.7. The van der Waals surface area contributed by atoms with Gasteiger partial charge in [0.2, 0.25) is 11.8 Å². The Hall–Kier alpha value is -2.81. The lowest BCUT2D eigenvalue weighted by atomic mass is 9.96.